The summed E-state index contributed by atoms with van der Waals surface area (Å²) >= 11 is 5.20. The molecule has 0 unspecified atom stereocenters. The standard InChI is InChI=1S/C10H21N3S/c1-11-9(14)13(4)8-10(12(2)3)6-5-7-10/h5-8H2,1-4H3,(H,11,14). The molecule has 1 saturated carbocycles. The summed E-state index contributed by atoms with van der Waals surface area (Å²) in [7, 11) is 8.26. The van der Waals surface area contributed by atoms with Gasteiger partial charge in [0, 0.05) is 26.2 Å². The number of hydrogen-bond acceptors (Lipinski definition) is 2. The maximum Gasteiger partial charge on any atom is 0.168 e. The third-order valence-electron chi connectivity index (χ3n) is 3.33. The van der Waals surface area contributed by atoms with Crippen LogP contribution in [-0.2, 0) is 0 Å². The zero-order valence-corrected chi connectivity index (χ0v) is 10.4. The highest BCUT2D eigenvalue weighted by molar-refractivity contribution is 7.80. The zero-order valence-electron chi connectivity index (χ0n) is 9.63. The summed E-state index contributed by atoms with van der Waals surface area (Å²) in [6.45, 7) is 1.03. The summed E-state index contributed by atoms with van der Waals surface area (Å²) in [5.41, 5.74) is 0.357. The molecule has 1 aliphatic carbocycles. The number of rotatable bonds is 3. The van der Waals surface area contributed by atoms with Crippen LogP contribution in [0.5, 0.6) is 0 Å². The number of nitrogens with zero attached hydrogens (tertiary/aromatic N) is 2. The molecule has 0 bridgehead atoms. The normalized spacial score (nSPS) is 18.9. The highest BCUT2D eigenvalue weighted by atomic mass is 32.1. The van der Waals surface area contributed by atoms with Crippen LogP contribution in [-0.4, -0.2) is 55.2 Å². The Morgan fingerprint density at radius 2 is 1.93 bits per heavy atom. The van der Waals surface area contributed by atoms with Crippen LogP contribution in [0, 0.1) is 0 Å². The van der Waals surface area contributed by atoms with E-state index in [1.807, 2.05) is 7.05 Å². The van der Waals surface area contributed by atoms with Gasteiger partial charge in [-0.15, -0.1) is 0 Å². The maximum absolute atomic E-state index is 5.20. The Bertz CT molecular complexity index is 211. The SMILES string of the molecule is CNC(=S)N(C)CC1(N(C)C)CCC1. The van der Waals surface area contributed by atoms with Crippen LogP contribution in [0.25, 0.3) is 0 Å². The first-order chi connectivity index (χ1) is 6.52. The first kappa shape index (κ1) is 11.7. The molecule has 1 aliphatic rings. The minimum atomic E-state index is 0.357. The highest BCUT2D eigenvalue weighted by Gasteiger charge is 2.40. The van der Waals surface area contributed by atoms with Gasteiger partial charge in [-0.2, -0.15) is 0 Å². The molecule has 0 heterocycles. The summed E-state index contributed by atoms with van der Waals surface area (Å²) in [6, 6.07) is 0. The smallest absolute Gasteiger partial charge is 0.168 e. The van der Waals surface area contributed by atoms with E-state index in [0.29, 0.717) is 5.54 Å². The fourth-order valence-electron chi connectivity index (χ4n) is 2.04. The van der Waals surface area contributed by atoms with Crippen molar-refractivity contribution in [3.8, 4) is 0 Å². The van der Waals surface area contributed by atoms with Gasteiger partial charge in [0.2, 0.25) is 0 Å². The number of hydrogen-bond donors (Lipinski definition) is 1. The molecule has 0 saturated heterocycles. The second-order valence-corrected chi connectivity index (χ2v) is 4.77. The lowest BCUT2D eigenvalue weighted by molar-refractivity contribution is 0.0430. The zero-order chi connectivity index (χ0) is 10.8. The van der Waals surface area contributed by atoms with Gasteiger partial charge < -0.3 is 15.1 Å². The molecule has 1 fully saturated rings. The number of likely N-dealkylation sites (N-methyl/N-ethyl adjacent to an activating group) is 2. The Morgan fingerprint density at radius 3 is 2.21 bits per heavy atom. The summed E-state index contributed by atoms with van der Waals surface area (Å²) in [5, 5.41) is 3.84. The topological polar surface area (TPSA) is 18.5 Å². The lowest BCUT2D eigenvalue weighted by Gasteiger charge is -2.49. The molecule has 4 heteroatoms. The average molecular weight is 215 g/mol. The van der Waals surface area contributed by atoms with E-state index in [9.17, 15) is 0 Å². The second-order valence-electron chi connectivity index (χ2n) is 4.38. The van der Waals surface area contributed by atoms with Gasteiger partial charge in [-0.05, 0) is 45.6 Å². The van der Waals surface area contributed by atoms with Crippen molar-refractivity contribution in [2.24, 2.45) is 0 Å². The fraction of sp³-hybridized carbons (Fsp3) is 0.900. The lowest BCUT2D eigenvalue weighted by atomic mass is 9.75. The van der Waals surface area contributed by atoms with Gasteiger partial charge in [-0.25, -0.2) is 0 Å². The Labute approximate surface area is 92.4 Å². The van der Waals surface area contributed by atoms with E-state index in [-0.39, 0.29) is 0 Å². The summed E-state index contributed by atoms with van der Waals surface area (Å²) in [5.74, 6) is 0. The van der Waals surface area contributed by atoms with Crippen molar-refractivity contribution in [1.82, 2.24) is 15.1 Å². The van der Waals surface area contributed by atoms with Crippen molar-refractivity contribution in [3.05, 3.63) is 0 Å². The molecule has 0 aromatic heterocycles. The van der Waals surface area contributed by atoms with Gasteiger partial charge >= 0.3 is 0 Å². The van der Waals surface area contributed by atoms with Crippen LogP contribution < -0.4 is 5.32 Å². The van der Waals surface area contributed by atoms with E-state index in [1.54, 1.807) is 0 Å². The third-order valence-corrected chi connectivity index (χ3v) is 3.84. The minimum Gasteiger partial charge on any atom is -0.366 e. The monoisotopic (exact) mass is 215 g/mol. The van der Waals surface area contributed by atoms with Gasteiger partial charge in [0.15, 0.2) is 5.11 Å². The van der Waals surface area contributed by atoms with Crippen LogP contribution in [0.3, 0.4) is 0 Å². The number of nitrogens with one attached hydrogen (secondary N) is 1. The molecule has 1 rings (SSSR count). The Morgan fingerprint density at radius 1 is 1.36 bits per heavy atom. The Kier molecular flexibility index (Phi) is 3.72. The lowest BCUT2D eigenvalue weighted by Crippen LogP contribution is -2.58. The molecule has 82 valence electrons. The predicted octanol–water partition coefficient (Wildman–Crippen LogP) is 0.907. The van der Waals surface area contributed by atoms with Gasteiger partial charge in [0.1, 0.15) is 0 Å². The summed E-state index contributed by atoms with van der Waals surface area (Å²) < 4.78 is 0. The molecule has 0 spiro atoms. The van der Waals surface area contributed by atoms with E-state index in [0.717, 1.165) is 11.7 Å². The molecule has 0 radical (unpaired) electrons. The maximum atomic E-state index is 5.20. The highest BCUT2D eigenvalue weighted by Crippen LogP contribution is 2.36. The van der Waals surface area contributed by atoms with Gasteiger partial charge in [0.25, 0.3) is 0 Å². The van der Waals surface area contributed by atoms with E-state index < -0.39 is 0 Å². The molecule has 0 aromatic rings. The molecule has 14 heavy (non-hydrogen) atoms. The van der Waals surface area contributed by atoms with E-state index in [1.165, 1.54) is 19.3 Å². The Hall–Kier alpha value is -0.350. The quantitative estimate of drug-likeness (QED) is 0.705. The van der Waals surface area contributed by atoms with Crippen LogP contribution in [0.1, 0.15) is 19.3 Å². The van der Waals surface area contributed by atoms with Gasteiger partial charge in [0.05, 0.1) is 0 Å². The first-order valence-electron chi connectivity index (χ1n) is 5.12. The number of thiocarbonyl (C=S) groups is 1. The van der Waals surface area contributed by atoms with E-state index >= 15 is 0 Å². The van der Waals surface area contributed by atoms with Crippen LogP contribution in [0.4, 0.5) is 0 Å². The molecule has 0 aromatic carbocycles. The van der Waals surface area contributed by atoms with E-state index in [2.05, 4.69) is 36.3 Å². The fourth-order valence-corrected chi connectivity index (χ4v) is 2.10. The average Bonchev–Trinajstić information content (AvgIpc) is 2.08. The van der Waals surface area contributed by atoms with Crippen molar-refractivity contribution in [1.29, 1.82) is 0 Å². The summed E-state index contributed by atoms with van der Waals surface area (Å²) in [6.07, 6.45) is 3.92. The van der Waals surface area contributed by atoms with E-state index in [4.69, 9.17) is 12.2 Å². The molecule has 3 nitrogen and oxygen atoms in total. The largest absolute Gasteiger partial charge is 0.366 e. The summed E-state index contributed by atoms with van der Waals surface area (Å²) in [4.78, 5) is 4.47. The molecule has 1 N–H and O–H groups in total. The van der Waals surface area contributed by atoms with Crippen LogP contribution >= 0.6 is 12.2 Å². The molecule has 0 atom stereocenters. The molecular weight excluding hydrogens is 194 g/mol. The van der Waals surface area contributed by atoms with Crippen molar-refractivity contribution in [3.63, 3.8) is 0 Å². The third kappa shape index (κ3) is 2.17. The second kappa shape index (κ2) is 4.45. The Balaban J connectivity index is 2.52. The minimum absolute atomic E-state index is 0.357. The van der Waals surface area contributed by atoms with Gasteiger partial charge in [-0.3, -0.25) is 0 Å². The van der Waals surface area contributed by atoms with Crippen LogP contribution in [0.15, 0.2) is 0 Å². The predicted molar refractivity (Wildman–Crippen MR) is 64.6 cm³/mol. The van der Waals surface area contributed by atoms with Gasteiger partial charge in [-0.1, -0.05) is 0 Å². The molecule has 0 aliphatic heterocycles. The van der Waals surface area contributed by atoms with Crippen molar-refractivity contribution in [2.75, 3.05) is 34.7 Å². The van der Waals surface area contributed by atoms with Crippen molar-refractivity contribution < 1.29 is 0 Å². The van der Waals surface area contributed by atoms with Crippen molar-refractivity contribution >= 4 is 17.3 Å². The van der Waals surface area contributed by atoms with Crippen molar-refractivity contribution in [2.45, 2.75) is 24.8 Å². The van der Waals surface area contributed by atoms with Crippen LogP contribution in [0.2, 0.25) is 0 Å². The molecular formula is C10H21N3S. The molecule has 0 amide bonds. The first-order valence-corrected chi connectivity index (χ1v) is 5.53.